The number of hydrogen-bond donors (Lipinski definition) is 1. The van der Waals surface area contributed by atoms with E-state index in [1.54, 1.807) is 7.11 Å². The second-order valence-electron chi connectivity index (χ2n) is 9.61. The van der Waals surface area contributed by atoms with Gasteiger partial charge in [0.15, 0.2) is 0 Å². The molecule has 2 bridgehead atoms. The number of hydrogen-bond acceptors (Lipinski definition) is 4. The van der Waals surface area contributed by atoms with E-state index < -0.39 is 0 Å². The predicted octanol–water partition coefficient (Wildman–Crippen LogP) is 3.91. The molecule has 0 aliphatic carbocycles. The number of likely N-dealkylation sites (tertiary alicyclic amines) is 1. The van der Waals surface area contributed by atoms with Crippen LogP contribution in [-0.2, 0) is 4.79 Å². The summed E-state index contributed by atoms with van der Waals surface area (Å²) in [4.78, 5) is 18.2. The van der Waals surface area contributed by atoms with Crippen molar-refractivity contribution < 1.29 is 9.53 Å². The highest BCUT2D eigenvalue weighted by atomic mass is 35.5. The van der Waals surface area contributed by atoms with Crippen LogP contribution in [0.5, 0.6) is 5.75 Å². The Hall–Kier alpha value is -1.01. The van der Waals surface area contributed by atoms with Crippen molar-refractivity contribution in [3.05, 3.63) is 29.8 Å². The van der Waals surface area contributed by atoms with E-state index in [-0.39, 0.29) is 30.7 Å². The Balaban J connectivity index is 0.00000136. The van der Waals surface area contributed by atoms with Crippen LogP contribution in [-0.4, -0.2) is 61.6 Å². The van der Waals surface area contributed by atoms with Gasteiger partial charge in [-0.3, -0.25) is 9.69 Å². The third-order valence-corrected chi connectivity index (χ3v) is 7.89. The molecule has 0 radical (unpaired) electrons. The van der Waals surface area contributed by atoms with Crippen LogP contribution in [0.15, 0.2) is 24.3 Å². The van der Waals surface area contributed by atoms with Crippen molar-refractivity contribution in [2.45, 2.75) is 50.6 Å². The van der Waals surface area contributed by atoms with Gasteiger partial charge in [0.1, 0.15) is 5.75 Å². The molecule has 4 aliphatic heterocycles. The molecule has 31 heavy (non-hydrogen) atoms. The van der Waals surface area contributed by atoms with Gasteiger partial charge < -0.3 is 15.0 Å². The highest BCUT2D eigenvalue weighted by molar-refractivity contribution is 5.85. The molecule has 5 nitrogen and oxygen atoms in total. The summed E-state index contributed by atoms with van der Waals surface area (Å²) in [6.07, 6.45) is 7.17. The van der Waals surface area contributed by atoms with E-state index in [4.69, 9.17) is 4.74 Å². The van der Waals surface area contributed by atoms with Gasteiger partial charge in [0, 0.05) is 37.6 Å². The maximum Gasteiger partial charge on any atom is 0.225 e. The number of nitrogens with zero attached hydrogens (tertiary/aromatic N) is 2. The van der Waals surface area contributed by atoms with E-state index in [0.717, 1.165) is 51.3 Å². The van der Waals surface area contributed by atoms with Crippen LogP contribution < -0.4 is 10.1 Å². The summed E-state index contributed by atoms with van der Waals surface area (Å²) in [7, 11) is 1.73. The van der Waals surface area contributed by atoms with Crippen LogP contribution in [0.4, 0.5) is 0 Å². The highest BCUT2D eigenvalue weighted by Crippen LogP contribution is 2.44. The maximum atomic E-state index is 13.2. The van der Waals surface area contributed by atoms with Crippen LogP contribution in [0.1, 0.15) is 50.1 Å². The van der Waals surface area contributed by atoms with Crippen molar-refractivity contribution in [2.75, 3.05) is 39.8 Å². The van der Waals surface area contributed by atoms with Crippen molar-refractivity contribution in [1.29, 1.82) is 0 Å². The van der Waals surface area contributed by atoms with Crippen LogP contribution in [0.25, 0.3) is 0 Å². The van der Waals surface area contributed by atoms with E-state index in [2.05, 4.69) is 39.4 Å². The molecule has 0 aromatic heterocycles. The number of nitrogens with one attached hydrogen (secondary N) is 1. The quantitative estimate of drug-likeness (QED) is 0.728. The molecule has 1 N–H and O–H groups in total. The molecule has 1 aromatic rings. The zero-order valence-electron chi connectivity index (χ0n) is 18.5. The molecule has 0 spiro atoms. The van der Waals surface area contributed by atoms with Gasteiger partial charge in [0.05, 0.1) is 7.11 Å². The van der Waals surface area contributed by atoms with Crippen LogP contribution in [0.2, 0.25) is 0 Å². The zero-order chi connectivity index (χ0) is 19.8. The molecular weight excluding hydrogens is 433 g/mol. The summed E-state index contributed by atoms with van der Waals surface area (Å²) in [6.45, 7) is 5.09. The van der Waals surface area contributed by atoms with E-state index in [0.29, 0.717) is 29.8 Å². The Kier molecular flexibility index (Phi) is 8.53. The largest absolute Gasteiger partial charge is 0.497 e. The highest BCUT2D eigenvalue weighted by Gasteiger charge is 2.46. The van der Waals surface area contributed by atoms with E-state index >= 15 is 0 Å². The Labute approximate surface area is 199 Å². The van der Waals surface area contributed by atoms with Gasteiger partial charge in [0.2, 0.25) is 5.91 Å². The lowest BCUT2D eigenvalue weighted by Gasteiger charge is -2.55. The Morgan fingerprint density at radius 3 is 2.45 bits per heavy atom. The average molecular weight is 470 g/mol. The van der Waals surface area contributed by atoms with Gasteiger partial charge in [-0.15, -0.1) is 24.8 Å². The first-order valence-corrected chi connectivity index (χ1v) is 11.6. The number of carbonyl (C=O) groups excluding carboxylic acids is 1. The normalized spacial score (nSPS) is 31.1. The Morgan fingerprint density at radius 2 is 1.74 bits per heavy atom. The monoisotopic (exact) mass is 469 g/mol. The number of halogens is 2. The summed E-state index contributed by atoms with van der Waals surface area (Å²) in [6, 6.07) is 9.87. The summed E-state index contributed by atoms with van der Waals surface area (Å²) in [5.41, 5.74) is 1.43. The number of fused-ring (bicyclic) bond motifs is 4. The van der Waals surface area contributed by atoms with Crippen molar-refractivity contribution in [3.8, 4) is 5.75 Å². The van der Waals surface area contributed by atoms with Gasteiger partial charge in [-0.05, 0) is 81.1 Å². The van der Waals surface area contributed by atoms with Gasteiger partial charge in [-0.1, -0.05) is 12.1 Å². The fraction of sp³-hybridized carbons (Fsp3) is 0.708. The molecular formula is C24H37Cl2N3O2. The first-order chi connectivity index (χ1) is 14.2. The van der Waals surface area contributed by atoms with Crippen molar-refractivity contribution in [2.24, 2.45) is 17.8 Å². The molecule has 4 heterocycles. The lowest BCUT2D eigenvalue weighted by Crippen LogP contribution is -2.61. The minimum absolute atomic E-state index is 0. The topological polar surface area (TPSA) is 44.8 Å². The van der Waals surface area contributed by atoms with Gasteiger partial charge >= 0.3 is 0 Å². The standard InChI is InChI=1S/C24H35N3O2.2ClH/c1-29-21-7-5-18(6-8-21)22-3-2-4-23-20-13-17(15-27(22)23)14-26(16-20)24(28)19-9-11-25-12-10-19;;/h5-8,17,19-20,22-23,25H,2-4,9-16H2,1H3;2*1H/t17-,20+,22+,23-;;/m0../s1. The number of methoxy groups -OCH3 is 1. The molecule has 0 unspecified atom stereocenters. The van der Waals surface area contributed by atoms with Crippen LogP contribution >= 0.6 is 24.8 Å². The van der Waals surface area contributed by atoms with E-state index in [1.807, 2.05) is 0 Å². The number of rotatable bonds is 3. The van der Waals surface area contributed by atoms with Crippen molar-refractivity contribution in [1.82, 2.24) is 15.1 Å². The van der Waals surface area contributed by atoms with Crippen LogP contribution in [0.3, 0.4) is 0 Å². The lowest BCUT2D eigenvalue weighted by atomic mass is 9.73. The average Bonchev–Trinajstić information content (AvgIpc) is 2.79. The predicted molar refractivity (Wildman–Crippen MR) is 128 cm³/mol. The minimum Gasteiger partial charge on any atom is -0.497 e. The van der Waals surface area contributed by atoms with Gasteiger partial charge in [-0.2, -0.15) is 0 Å². The summed E-state index contributed by atoms with van der Waals surface area (Å²) in [5, 5.41) is 3.39. The number of ether oxygens (including phenoxy) is 1. The molecule has 7 heteroatoms. The maximum absolute atomic E-state index is 13.2. The SMILES string of the molecule is COc1ccc([C@H]2CCC[C@H]3[C@@H]4C[C@@H](CN(C(=O)C5CCNCC5)C4)CN23)cc1.Cl.Cl. The summed E-state index contributed by atoms with van der Waals surface area (Å²) in [5.74, 6) is 2.91. The van der Waals surface area contributed by atoms with E-state index in [9.17, 15) is 4.79 Å². The third-order valence-electron chi connectivity index (χ3n) is 7.89. The summed E-state index contributed by atoms with van der Waals surface area (Å²) >= 11 is 0. The number of benzene rings is 1. The van der Waals surface area contributed by atoms with Crippen LogP contribution in [0, 0.1) is 17.8 Å². The number of carbonyl (C=O) groups is 1. The molecule has 4 saturated heterocycles. The van der Waals surface area contributed by atoms with Crippen molar-refractivity contribution in [3.63, 3.8) is 0 Å². The Morgan fingerprint density at radius 1 is 1.00 bits per heavy atom. The van der Waals surface area contributed by atoms with Gasteiger partial charge in [-0.25, -0.2) is 0 Å². The molecule has 4 atom stereocenters. The lowest BCUT2D eigenvalue weighted by molar-refractivity contribution is -0.144. The second-order valence-corrected chi connectivity index (χ2v) is 9.61. The molecule has 174 valence electrons. The minimum atomic E-state index is 0. The second kappa shape index (κ2) is 10.7. The molecule has 4 fully saturated rings. The number of piperidine rings is 4. The molecule has 1 aromatic carbocycles. The molecule has 5 rings (SSSR count). The fourth-order valence-corrected chi connectivity index (χ4v) is 6.50. The van der Waals surface area contributed by atoms with E-state index in [1.165, 1.54) is 31.2 Å². The Bertz CT molecular complexity index is 726. The molecule has 4 aliphatic rings. The van der Waals surface area contributed by atoms with Gasteiger partial charge in [0.25, 0.3) is 0 Å². The smallest absolute Gasteiger partial charge is 0.225 e. The zero-order valence-corrected chi connectivity index (χ0v) is 20.1. The van der Waals surface area contributed by atoms with Crippen molar-refractivity contribution >= 4 is 30.7 Å². The first-order valence-electron chi connectivity index (χ1n) is 11.6. The molecule has 0 saturated carbocycles. The molecule has 1 amide bonds. The third kappa shape index (κ3) is 5.00. The summed E-state index contributed by atoms with van der Waals surface area (Å²) < 4.78 is 5.35. The number of amides is 1. The fourth-order valence-electron chi connectivity index (χ4n) is 6.50. The first kappa shape index (κ1) is 24.6.